The van der Waals surface area contributed by atoms with E-state index in [0.29, 0.717) is 23.9 Å². The molecule has 2 aromatic rings. The van der Waals surface area contributed by atoms with E-state index < -0.39 is 5.97 Å². The molecule has 4 nitrogen and oxygen atoms in total. The van der Waals surface area contributed by atoms with Gasteiger partial charge in [0.25, 0.3) is 0 Å². The molecule has 0 fully saturated rings. The third-order valence-electron chi connectivity index (χ3n) is 3.51. The van der Waals surface area contributed by atoms with Crippen LogP contribution in [0.4, 0.5) is 0 Å². The number of carboxylic acids is 1. The number of ether oxygens (including phenoxy) is 1. The maximum atomic E-state index is 11.0. The van der Waals surface area contributed by atoms with Gasteiger partial charge >= 0.3 is 5.97 Å². The number of halogens is 1. The summed E-state index contributed by atoms with van der Waals surface area (Å²) < 4.78 is 5.78. The Morgan fingerprint density at radius 1 is 1.29 bits per heavy atom. The Bertz CT molecular complexity index is 687. The molecular formula is C16H14ClNO3. The topological polar surface area (TPSA) is 58.6 Å². The van der Waals surface area contributed by atoms with Crippen LogP contribution in [-0.2, 0) is 6.54 Å². The minimum Gasteiger partial charge on any atom is -0.491 e. The molecule has 0 amide bonds. The second-order valence-corrected chi connectivity index (χ2v) is 5.36. The molecule has 1 atom stereocenters. The quantitative estimate of drug-likeness (QED) is 0.894. The summed E-state index contributed by atoms with van der Waals surface area (Å²) in [5.41, 5.74) is 2.23. The molecule has 0 aromatic heterocycles. The van der Waals surface area contributed by atoms with Gasteiger partial charge in [0, 0.05) is 17.1 Å². The van der Waals surface area contributed by atoms with E-state index >= 15 is 0 Å². The second-order valence-electron chi connectivity index (χ2n) is 4.93. The number of aromatic carboxylic acids is 1. The lowest BCUT2D eigenvalue weighted by Crippen LogP contribution is -2.23. The van der Waals surface area contributed by atoms with E-state index in [4.69, 9.17) is 21.4 Å². The molecule has 3 rings (SSSR count). The van der Waals surface area contributed by atoms with Crippen LogP contribution in [-0.4, -0.2) is 17.7 Å². The minimum atomic E-state index is -0.954. The zero-order chi connectivity index (χ0) is 14.8. The molecule has 0 spiro atoms. The number of carbonyl (C=O) groups is 1. The normalized spacial score (nSPS) is 17.5. The highest BCUT2D eigenvalue weighted by atomic mass is 35.5. The van der Waals surface area contributed by atoms with E-state index in [2.05, 4.69) is 5.32 Å². The van der Waals surface area contributed by atoms with Crippen LogP contribution in [0, 0.1) is 0 Å². The number of benzene rings is 2. The average molecular weight is 304 g/mol. The first kappa shape index (κ1) is 13.9. The Labute approximate surface area is 127 Å². The molecule has 21 heavy (non-hydrogen) atoms. The van der Waals surface area contributed by atoms with Crippen molar-refractivity contribution in [2.45, 2.75) is 12.6 Å². The zero-order valence-corrected chi connectivity index (χ0v) is 11.9. The van der Waals surface area contributed by atoms with Crippen LogP contribution < -0.4 is 10.1 Å². The summed E-state index contributed by atoms with van der Waals surface area (Å²) in [5.74, 6) is -0.336. The monoisotopic (exact) mass is 303 g/mol. The Kier molecular flexibility index (Phi) is 3.82. The van der Waals surface area contributed by atoms with E-state index in [1.165, 1.54) is 0 Å². The summed E-state index contributed by atoms with van der Waals surface area (Å²) in [6.07, 6.45) is 0. The molecule has 1 unspecified atom stereocenters. The number of carboxylic acid groups (broad SMARTS) is 1. The van der Waals surface area contributed by atoms with Gasteiger partial charge in [0.05, 0.1) is 11.6 Å². The molecule has 2 aromatic carbocycles. The fourth-order valence-electron chi connectivity index (χ4n) is 2.37. The third-order valence-corrected chi connectivity index (χ3v) is 3.74. The molecule has 0 bridgehead atoms. The highest BCUT2D eigenvalue weighted by Crippen LogP contribution is 2.27. The average Bonchev–Trinajstić information content (AvgIpc) is 2.69. The molecule has 0 radical (unpaired) electrons. The Balaban J connectivity index is 1.83. The molecule has 108 valence electrons. The number of hydrogen-bond acceptors (Lipinski definition) is 3. The van der Waals surface area contributed by atoms with Crippen molar-refractivity contribution < 1.29 is 14.6 Å². The molecule has 0 saturated heterocycles. The van der Waals surface area contributed by atoms with E-state index in [9.17, 15) is 4.79 Å². The van der Waals surface area contributed by atoms with Crippen LogP contribution in [0.25, 0.3) is 0 Å². The van der Waals surface area contributed by atoms with Crippen molar-refractivity contribution in [3.63, 3.8) is 0 Å². The molecule has 0 aliphatic carbocycles. The van der Waals surface area contributed by atoms with Crippen molar-refractivity contribution in [1.82, 2.24) is 5.32 Å². The fourth-order valence-corrected chi connectivity index (χ4v) is 2.57. The predicted molar refractivity (Wildman–Crippen MR) is 79.9 cm³/mol. The lowest BCUT2D eigenvalue weighted by atomic mass is 10.1. The first-order valence-electron chi connectivity index (χ1n) is 6.61. The summed E-state index contributed by atoms with van der Waals surface area (Å²) in [7, 11) is 0. The van der Waals surface area contributed by atoms with Gasteiger partial charge in [-0.25, -0.2) is 4.79 Å². The van der Waals surface area contributed by atoms with Crippen molar-refractivity contribution in [1.29, 1.82) is 0 Å². The molecule has 1 aliphatic heterocycles. The smallest absolute Gasteiger partial charge is 0.335 e. The maximum absolute atomic E-state index is 11.0. The SMILES string of the molecule is O=C(O)c1ccc2c(c1)OCC(c1cccc(Cl)c1)NC2. The second kappa shape index (κ2) is 5.76. The van der Waals surface area contributed by atoms with Crippen molar-refractivity contribution in [3.8, 4) is 5.75 Å². The largest absolute Gasteiger partial charge is 0.491 e. The first-order valence-corrected chi connectivity index (χ1v) is 6.99. The Morgan fingerprint density at radius 2 is 2.14 bits per heavy atom. The van der Waals surface area contributed by atoms with Gasteiger partial charge in [-0.15, -0.1) is 0 Å². The van der Waals surface area contributed by atoms with Gasteiger partial charge in [-0.3, -0.25) is 0 Å². The lowest BCUT2D eigenvalue weighted by Gasteiger charge is -2.16. The van der Waals surface area contributed by atoms with Crippen LogP contribution in [0.2, 0.25) is 5.02 Å². The summed E-state index contributed by atoms with van der Waals surface area (Å²) in [6.45, 7) is 1.04. The van der Waals surface area contributed by atoms with Crippen molar-refractivity contribution in [2.75, 3.05) is 6.61 Å². The molecule has 5 heteroatoms. The van der Waals surface area contributed by atoms with Gasteiger partial charge in [-0.1, -0.05) is 29.8 Å². The van der Waals surface area contributed by atoms with Gasteiger partial charge in [0.1, 0.15) is 12.4 Å². The predicted octanol–water partition coefficient (Wildman–Crippen LogP) is 3.26. The van der Waals surface area contributed by atoms with Gasteiger partial charge in [0.2, 0.25) is 0 Å². The van der Waals surface area contributed by atoms with Crippen molar-refractivity contribution >= 4 is 17.6 Å². The van der Waals surface area contributed by atoms with Crippen molar-refractivity contribution in [3.05, 3.63) is 64.2 Å². The van der Waals surface area contributed by atoms with Gasteiger partial charge in [0.15, 0.2) is 0 Å². The van der Waals surface area contributed by atoms with Crippen LogP contribution >= 0.6 is 11.6 Å². The van der Waals surface area contributed by atoms with Crippen LogP contribution in [0.3, 0.4) is 0 Å². The van der Waals surface area contributed by atoms with Gasteiger partial charge in [-0.05, 0) is 29.8 Å². The lowest BCUT2D eigenvalue weighted by molar-refractivity contribution is 0.0696. The summed E-state index contributed by atoms with van der Waals surface area (Å²) >= 11 is 6.02. The van der Waals surface area contributed by atoms with E-state index in [0.717, 1.165) is 11.1 Å². The highest BCUT2D eigenvalue weighted by Gasteiger charge is 2.19. The highest BCUT2D eigenvalue weighted by molar-refractivity contribution is 6.30. The van der Waals surface area contributed by atoms with Gasteiger partial charge < -0.3 is 15.2 Å². The van der Waals surface area contributed by atoms with E-state index in [1.54, 1.807) is 18.2 Å². The maximum Gasteiger partial charge on any atom is 0.335 e. The standard InChI is InChI=1S/C16H14ClNO3/c17-13-3-1-2-10(6-13)14-9-21-15-7-11(16(19)20)4-5-12(15)8-18-14/h1-7,14,18H,8-9H2,(H,19,20). The molecule has 0 saturated carbocycles. The van der Waals surface area contributed by atoms with Crippen LogP contribution in [0.15, 0.2) is 42.5 Å². The molecule has 1 aliphatic rings. The van der Waals surface area contributed by atoms with E-state index in [1.807, 2.05) is 24.3 Å². The first-order chi connectivity index (χ1) is 10.1. The molecule has 1 heterocycles. The van der Waals surface area contributed by atoms with Crippen LogP contribution in [0.1, 0.15) is 27.5 Å². The van der Waals surface area contributed by atoms with Gasteiger partial charge in [-0.2, -0.15) is 0 Å². The van der Waals surface area contributed by atoms with Crippen molar-refractivity contribution in [2.24, 2.45) is 0 Å². The zero-order valence-electron chi connectivity index (χ0n) is 11.2. The Hall–Kier alpha value is -2.04. The number of nitrogens with one attached hydrogen (secondary N) is 1. The fraction of sp³-hybridized carbons (Fsp3) is 0.188. The summed E-state index contributed by atoms with van der Waals surface area (Å²) in [5, 5.41) is 13.1. The summed E-state index contributed by atoms with van der Waals surface area (Å²) in [6, 6.07) is 12.6. The summed E-state index contributed by atoms with van der Waals surface area (Å²) in [4.78, 5) is 11.0. The number of fused-ring (bicyclic) bond motifs is 1. The Morgan fingerprint density at radius 3 is 2.90 bits per heavy atom. The number of rotatable bonds is 2. The van der Waals surface area contributed by atoms with Crippen LogP contribution in [0.5, 0.6) is 5.75 Å². The molecular weight excluding hydrogens is 290 g/mol. The van der Waals surface area contributed by atoms with E-state index in [-0.39, 0.29) is 11.6 Å². The molecule has 2 N–H and O–H groups in total. The third kappa shape index (κ3) is 3.01. The number of hydrogen-bond donors (Lipinski definition) is 2. The minimum absolute atomic E-state index is 0.0179.